The Kier molecular flexibility index (Phi) is 3.81. The third kappa shape index (κ3) is 2.67. The minimum atomic E-state index is 0.662. The van der Waals surface area contributed by atoms with E-state index in [1.807, 2.05) is 20.0 Å². The molecule has 0 fully saturated rings. The van der Waals surface area contributed by atoms with Crippen LogP contribution >= 0.6 is 0 Å². The fraction of sp³-hybridized carbons (Fsp3) is 0.455. The van der Waals surface area contributed by atoms with Crippen LogP contribution in [0.3, 0.4) is 0 Å². The lowest BCUT2D eigenvalue weighted by Crippen LogP contribution is -2.21. The Morgan fingerprint density at radius 3 is 2.92 bits per heavy atom. The second kappa shape index (κ2) is 4.94. The molecule has 1 aliphatic carbocycles. The van der Waals surface area contributed by atoms with E-state index in [1.165, 1.54) is 18.4 Å². The first-order valence-corrected chi connectivity index (χ1v) is 4.52. The molecule has 1 nitrogen and oxygen atoms in total. The van der Waals surface area contributed by atoms with Gasteiger partial charge < -0.3 is 5.32 Å². The SMILES string of the molecule is C/C=C\C=C/C1=CCC(NC)C1. The average molecular weight is 163 g/mol. The highest BCUT2D eigenvalue weighted by Crippen LogP contribution is 2.19. The van der Waals surface area contributed by atoms with Gasteiger partial charge in [0.1, 0.15) is 0 Å². The summed E-state index contributed by atoms with van der Waals surface area (Å²) in [6, 6.07) is 0.662. The molecule has 0 aromatic heterocycles. The first-order chi connectivity index (χ1) is 5.86. The highest BCUT2D eigenvalue weighted by atomic mass is 14.9. The van der Waals surface area contributed by atoms with Crippen LogP contribution in [0.5, 0.6) is 0 Å². The minimum absolute atomic E-state index is 0.662. The summed E-state index contributed by atoms with van der Waals surface area (Å²) in [4.78, 5) is 0. The Morgan fingerprint density at radius 2 is 2.33 bits per heavy atom. The lowest BCUT2D eigenvalue weighted by atomic mass is 10.2. The number of allylic oxidation sites excluding steroid dienone is 4. The Bertz CT molecular complexity index is 211. The van der Waals surface area contributed by atoms with Crippen molar-refractivity contribution in [3.8, 4) is 0 Å². The fourth-order valence-corrected chi connectivity index (χ4v) is 1.39. The van der Waals surface area contributed by atoms with Gasteiger partial charge in [-0.15, -0.1) is 0 Å². The molecule has 0 radical (unpaired) electrons. The molecule has 1 rings (SSSR count). The molecule has 0 aromatic rings. The maximum Gasteiger partial charge on any atom is 0.0139 e. The predicted molar refractivity (Wildman–Crippen MR) is 54.1 cm³/mol. The van der Waals surface area contributed by atoms with Crippen molar-refractivity contribution < 1.29 is 0 Å². The molecule has 0 amide bonds. The number of hydrogen-bond donors (Lipinski definition) is 1. The van der Waals surface area contributed by atoms with Gasteiger partial charge in [-0.25, -0.2) is 0 Å². The molecule has 1 heteroatoms. The standard InChI is InChI=1S/C11H17N/c1-3-4-5-6-10-7-8-11(9-10)12-2/h3-7,11-12H,8-9H2,1-2H3/b4-3-,6-5-. The molecule has 0 aromatic carbocycles. The molecular weight excluding hydrogens is 146 g/mol. The summed E-state index contributed by atoms with van der Waals surface area (Å²) >= 11 is 0. The van der Waals surface area contributed by atoms with Gasteiger partial charge in [0.2, 0.25) is 0 Å². The second-order valence-corrected chi connectivity index (χ2v) is 3.09. The van der Waals surface area contributed by atoms with E-state index < -0.39 is 0 Å². The van der Waals surface area contributed by atoms with Gasteiger partial charge in [-0.05, 0) is 26.8 Å². The molecule has 1 atom stereocenters. The maximum atomic E-state index is 3.28. The zero-order valence-electron chi connectivity index (χ0n) is 7.88. The molecule has 66 valence electrons. The third-order valence-corrected chi connectivity index (χ3v) is 2.17. The fourth-order valence-electron chi connectivity index (χ4n) is 1.39. The maximum absolute atomic E-state index is 3.28. The van der Waals surface area contributed by atoms with E-state index in [9.17, 15) is 0 Å². The van der Waals surface area contributed by atoms with Crippen molar-refractivity contribution in [1.82, 2.24) is 5.32 Å². The normalized spacial score (nSPS) is 24.2. The zero-order chi connectivity index (χ0) is 8.81. The summed E-state index contributed by atoms with van der Waals surface area (Å²) in [7, 11) is 2.02. The van der Waals surface area contributed by atoms with Crippen molar-refractivity contribution in [1.29, 1.82) is 0 Å². The van der Waals surface area contributed by atoms with E-state index in [-0.39, 0.29) is 0 Å². The largest absolute Gasteiger partial charge is 0.316 e. The van der Waals surface area contributed by atoms with Crippen molar-refractivity contribution in [3.63, 3.8) is 0 Å². The topological polar surface area (TPSA) is 12.0 Å². The van der Waals surface area contributed by atoms with Crippen molar-refractivity contribution in [3.05, 3.63) is 36.0 Å². The van der Waals surface area contributed by atoms with E-state index in [4.69, 9.17) is 0 Å². The molecule has 0 bridgehead atoms. The lowest BCUT2D eigenvalue weighted by molar-refractivity contribution is 0.596. The summed E-state index contributed by atoms with van der Waals surface area (Å²) in [5.74, 6) is 0. The summed E-state index contributed by atoms with van der Waals surface area (Å²) in [6.45, 7) is 2.03. The first-order valence-electron chi connectivity index (χ1n) is 4.52. The van der Waals surface area contributed by atoms with Crippen LogP contribution in [0.4, 0.5) is 0 Å². The molecule has 0 heterocycles. The quantitative estimate of drug-likeness (QED) is 0.630. The van der Waals surface area contributed by atoms with Crippen LogP contribution in [0.25, 0.3) is 0 Å². The molecule has 12 heavy (non-hydrogen) atoms. The summed E-state index contributed by atoms with van der Waals surface area (Å²) < 4.78 is 0. The van der Waals surface area contributed by atoms with Gasteiger partial charge in [0.05, 0.1) is 0 Å². The summed E-state index contributed by atoms with van der Waals surface area (Å²) in [6.07, 6.45) is 13.0. The molecule has 0 saturated carbocycles. The molecule has 1 aliphatic rings. The van der Waals surface area contributed by atoms with Gasteiger partial charge in [-0.2, -0.15) is 0 Å². The van der Waals surface area contributed by atoms with Crippen molar-refractivity contribution in [2.75, 3.05) is 7.05 Å². The van der Waals surface area contributed by atoms with E-state index in [0.717, 1.165) is 0 Å². The van der Waals surface area contributed by atoms with Crippen LogP contribution in [0.15, 0.2) is 36.0 Å². The molecule has 0 spiro atoms. The monoisotopic (exact) mass is 163 g/mol. The highest BCUT2D eigenvalue weighted by molar-refractivity contribution is 5.26. The number of rotatable bonds is 3. The lowest BCUT2D eigenvalue weighted by Gasteiger charge is -2.05. The van der Waals surface area contributed by atoms with Crippen molar-refractivity contribution in [2.24, 2.45) is 0 Å². The number of hydrogen-bond acceptors (Lipinski definition) is 1. The van der Waals surface area contributed by atoms with Gasteiger partial charge in [0, 0.05) is 6.04 Å². The summed E-state index contributed by atoms with van der Waals surface area (Å²) in [5.41, 5.74) is 1.45. The molecule has 0 aliphatic heterocycles. The van der Waals surface area contributed by atoms with Gasteiger partial charge in [0.25, 0.3) is 0 Å². The Balaban J connectivity index is 2.36. The van der Waals surface area contributed by atoms with E-state index in [0.29, 0.717) is 6.04 Å². The molecule has 1 unspecified atom stereocenters. The van der Waals surface area contributed by atoms with Gasteiger partial charge >= 0.3 is 0 Å². The van der Waals surface area contributed by atoms with Crippen LogP contribution in [-0.4, -0.2) is 13.1 Å². The first kappa shape index (κ1) is 9.27. The molecular formula is C11H17N. The van der Waals surface area contributed by atoms with Gasteiger partial charge in [0.15, 0.2) is 0 Å². The van der Waals surface area contributed by atoms with Crippen LogP contribution < -0.4 is 5.32 Å². The van der Waals surface area contributed by atoms with Crippen LogP contribution in [0, 0.1) is 0 Å². The number of nitrogens with one attached hydrogen (secondary N) is 1. The highest BCUT2D eigenvalue weighted by Gasteiger charge is 2.11. The van der Waals surface area contributed by atoms with Crippen LogP contribution in [0.1, 0.15) is 19.8 Å². The average Bonchev–Trinajstić information content (AvgIpc) is 2.53. The van der Waals surface area contributed by atoms with E-state index in [2.05, 4.69) is 29.6 Å². The second-order valence-electron chi connectivity index (χ2n) is 3.09. The Hall–Kier alpha value is -0.820. The Labute approximate surface area is 74.9 Å². The van der Waals surface area contributed by atoms with E-state index in [1.54, 1.807) is 0 Å². The van der Waals surface area contributed by atoms with Gasteiger partial charge in [-0.1, -0.05) is 36.0 Å². The molecule has 1 N–H and O–H groups in total. The predicted octanol–water partition coefficient (Wildman–Crippen LogP) is 2.43. The van der Waals surface area contributed by atoms with Crippen molar-refractivity contribution >= 4 is 0 Å². The third-order valence-electron chi connectivity index (χ3n) is 2.17. The van der Waals surface area contributed by atoms with Crippen molar-refractivity contribution in [2.45, 2.75) is 25.8 Å². The van der Waals surface area contributed by atoms with Gasteiger partial charge in [-0.3, -0.25) is 0 Å². The zero-order valence-corrected chi connectivity index (χ0v) is 7.88. The Morgan fingerprint density at radius 1 is 1.50 bits per heavy atom. The minimum Gasteiger partial charge on any atom is -0.316 e. The van der Waals surface area contributed by atoms with E-state index >= 15 is 0 Å². The van der Waals surface area contributed by atoms with Crippen LogP contribution in [-0.2, 0) is 0 Å². The summed E-state index contributed by atoms with van der Waals surface area (Å²) in [5, 5.41) is 3.28. The molecule has 0 saturated heterocycles. The smallest absolute Gasteiger partial charge is 0.0139 e. The van der Waals surface area contributed by atoms with Crippen LogP contribution in [0.2, 0.25) is 0 Å².